The Morgan fingerprint density at radius 2 is 1.72 bits per heavy atom. The van der Waals surface area contributed by atoms with Crippen LogP contribution in [-0.4, -0.2) is 30.1 Å². The average molecular weight is 342 g/mol. The fourth-order valence-corrected chi connectivity index (χ4v) is 2.27. The van der Waals surface area contributed by atoms with Crippen molar-refractivity contribution >= 4 is 17.5 Å². The first kappa shape index (κ1) is 18.5. The van der Waals surface area contributed by atoms with Gasteiger partial charge in [-0.2, -0.15) is 0 Å². The van der Waals surface area contributed by atoms with Gasteiger partial charge in [-0.3, -0.25) is 9.59 Å². The number of amides is 2. The van der Waals surface area contributed by atoms with Crippen LogP contribution in [-0.2, 0) is 9.59 Å². The Kier molecular flexibility index (Phi) is 6.98. The molecular weight excluding hydrogens is 320 g/mol. The smallest absolute Gasteiger partial charge is 0.313 e. The summed E-state index contributed by atoms with van der Waals surface area (Å²) in [6.07, 6.45) is -0.373. The van der Waals surface area contributed by atoms with Gasteiger partial charge in [-0.15, -0.1) is 0 Å². The number of anilines is 1. The predicted octanol–water partition coefficient (Wildman–Crippen LogP) is 2.26. The highest BCUT2D eigenvalue weighted by atomic mass is 16.5. The number of nitrogens with one attached hydrogen (secondary N) is 2. The molecule has 1 unspecified atom stereocenters. The molecule has 3 N–H and O–H groups in total. The summed E-state index contributed by atoms with van der Waals surface area (Å²) in [5.74, 6) is -1.03. The number of hydrogen-bond donors (Lipinski definition) is 3. The van der Waals surface area contributed by atoms with Crippen LogP contribution in [0.2, 0.25) is 0 Å². The molecule has 0 fully saturated rings. The van der Waals surface area contributed by atoms with E-state index in [0.29, 0.717) is 24.5 Å². The highest BCUT2D eigenvalue weighted by Gasteiger charge is 2.16. The maximum Gasteiger partial charge on any atom is 0.313 e. The number of carbonyl (C=O) groups excluding carboxylic acids is 2. The summed E-state index contributed by atoms with van der Waals surface area (Å²) in [6.45, 7) is 2.48. The van der Waals surface area contributed by atoms with E-state index in [1.807, 2.05) is 37.3 Å². The van der Waals surface area contributed by atoms with Crippen molar-refractivity contribution in [1.29, 1.82) is 0 Å². The third-order valence-corrected chi connectivity index (χ3v) is 3.53. The number of hydrogen-bond acceptors (Lipinski definition) is 4. The molecule has 132 valence electrons. The van der Waals surface area contributed by atoms with Crippen LogP contribution >= 0.6 is 0 Å². The summed E-state index contributed by atoms with van der Waals surface area (Å²) < 4.78 is 5.40. The zero-order valence-corrected chi connectivity index (χ0v) is 14.1. The Hall–Kier alpha value is -2.86. The molecule has 0 aliphatic heterocycles. The maximum atomic E-state index is 12.0. The van der Waals surface area contributed by atoms with Crippen molar-refractivity contribution in [2.75, 3.05) is 18.5 Å². The van der Waals surface area contributed by atoms with Gasteiger partial charge in [0.25, 0.3) is 0 Å². The molecule has 1 atom stereocenters. The number of benzene rings is 2. The van der Waals surface area contributed by atoms with Crippen molar-refractivity contribution in [1.82, 2.24) is 5.32 Å². The molecule has 25 heavy (non-hydrogen) atoms. The van der Waals surface area contributed by atoms with Crippen LogP contribution in [0.4, 0.5) is 5.69 Å². The Balaban J connectivity index is 1.82. The highest BCUT2D eigenvalue weighted by molar-refractivity contribution is 6.39. The standard InChI is InChI=1S/C19H22N2O4/c1-2-25-17-11-7-6-10-15(17)21-19(24)18(23)20-13-12-16(22)14-8-4-3-5-9-14/h3-11,16,22H,2,12-13H2,1H3,(H,20,23)(H,21,24). The monoisotopic (exact) mass is 342 g/mol. The molecule has 0 heterocycles. The van der Waals surface area contributed by atoms with Gasteiger partial charge in [0, 0.05) is 6.54 Å². The zero-order valence-electron chi connectivity index (χ0n) is 14.1. The number of aliphatic hydroxyl groups is 1. The molecule has 2 aromatic carbocycles. The van der Waals surface area contributed by atoms with E-state index in [1.54, 1.807) is 24.3 Å². The van der Waals surface area contributed by atoms with Gasteiger partial charge in [0.15, 0.2) is 0 Å². The maximum absolute atomic E-state index is 12.0. The van der Waals surface area contributed by atoms with Gasteiger partial charge in [0.1, 0.15) is 5.75 Å². The van der Waals surface area contributed by atoms with Gasteiger partial charge < -0.3 is 20.5 Å². The topological polar surface area (TPSA) is 87.7 Å². The van der Waals surface area contributed by atoms with Crippen molar-refractivity contribution in [2.24, 2.45) is 0 Å². The van der Waals surface area contributed by atoms with E-state index < -0.39 is 17.9 Å². The van der Waals surface area contributed by atoms with Gasteiger partial charge >= 0.3 is 11.8 Å². The van der Waals surface area contributed by atoms with E-state index in [-0.39, 0.29) is 6.54 Å². The molecule has 6 nitrogen and oxygen atoms in total. The van der Waals surface area contributed by atoms with Gasteiger partial charge in [-0.25, -0.2) is 0 Å². The van der Waals surface area contributed by atoms with Crippen LogP contribution < -0.4 is 15.4 Å². The van der Waals surface area contributed by atoms with Crippen LogP contribution in [0.3, 0.4) is 0 Å². The number of para-hydroxylation sites is 2. The lowest BCUT2D eigenvalue weighted by atomic mass is 10.1. The number of ether oxygens (including phenoxy) is 1. The van der Waals surface area contributed by atoms with Crippen LogP contribution in [0.15, 0.2) is 54.6 Å². The summed E-state index contributed by atoms with van der Waals surface area (Å²) in [5, 5.41) is 15.1. The van der Waals surface area contributed by atoms with Crippen LogP contribution in [0.5, 0.6) is 5.75 Å². The Bertz CT molecular complexity index is 704. The third kappa shape index (κ3) is 5.61. The molecule has 2 aromatic rings. The Morgan fingerprint density at radius 3 is 2.44 bits per heavy atom. The van der Waals surface area contributed by atoms with Gasteiger partial charge in [0.2, 0.25) is 0 Å². The van der Waals surface area contributed by atoms with E-state index in [9.17, 15) is 14.7 Å². The second-order valence-corrected chi connectivity index (χ2v) is 5.35. The third-order valence-electron chi connectivity index (χ3n) is 3.53. The number of aliphatic hydroxyl groups excluding tert-OH is 1. The van der Waals surface area contributed by atoms with Crippen molar-refractivity contribution < 1.29 is 19.4 Å². The summed E-state index contributed by atoms with van der Waals surface area (Å²) in [5.41, 5.74) is 1.21. The van der Waals surface area contributed by atoms with Gasteiger partial charge in [0.05, 0.1) is 18.4 Å². The second-order valence-electron chi connectivity index (χ2n) is 5.35. The van der Waals surface area contributed by atoms with E-state index in [4.69, 9.17) is 4.74 Å². The minimum absolute atomic E-state index is 0.190. The first-order chi connectivity index (χ1) is 12.1. The van der Waals surface area contributed by atoms with Crippen molar-refractivity contribution in [3.05, 3.63) is 60.2 Å². The van der Waals surface area contributed by atoms with Crippen molar-refractivity contribution in [3.63, 3.8) is 0 Å². The molecule has 0 saturated carbocycles. The molecular formula is C19H22N2O4. The average Bonchev–Trinajstić information content (AvgIpc) is 2.64. The summed E-state index contributed by atoms with van der Waals surface area (Å²) in [4.78, 5) is 23.9. The van der Waals surface area contributed by atoms with Crippen molar-refractivity contribution in [2.45, 2.75) is 19.4 Å². The van der Waals surface area contributed by atoms with Crippen molar-refractivity contribution in [3.8, 4) is 5.75 Å². The normalized spacial score (nSPS) is 11.4. The number of rotatable bonds is 7. The molecule has 6 heteroatoms. The second kappa shape index (κ2) is 9.44. The number of carbonyl (C=O) groups is 2. The fourth-order valence-electron chi connectivity index (χ4n) is 2.27. The van der Waals surface area contributed by atoms with Crippen LogP contribution in [0, 0.1) is 0 Å². The summed E-state index contributed by atoms with van der Waals surface area (Å²) in [6, 6.07) is 16.1. The Morgan fingerprint density at radius 1 is 1.04 bits per heavy atom. The molecule has 0 radical (unpaired) electrons. The summed E-state index contributed by atoms with van der Waals surface area (Å²) >= 11 is 0. The predicted molar refractivity (Wildman–Crippen MR) is 95.3 cm³/mol. The lowest BCUT2D eigenvalue weighted by molar-refractivity contribution is -0.136. The minimum atomic E-state index is -0.777. The lowest BCUT2D eigenvalue weighted by Gasteiger charge is -2.13. The van der Waals surface area contributed by atoms with E-state index in [1.165, 1.54) is 0 Å². The molecule has 0 bridgehead atoms. The largest absolute Gasteiger partial charge is 0.492 e. The quantitative estimate of drug-likeness (QED) is 0.674. The molecule has 0 aliphatic rings. The minimum Gasteiger partial charge on any atom is -0.492 e. The Labute approximate surface area is 146 Å². The van der Waals surface area contributed by atoms with E-state index in [0.717, 1.165) is 5.56 Å². The SMILES string of the molecule is CCOc1ccccc1NC(=O)C(=O)NCCC(O)c1ccccc1. The van der Waals surface area contributed by atoms with E-state index in [2.05, 4.69) is 10.6 Å². The summed E-state index contributed by atoms with van der Waals surface area (Å²) in [7, 11) is 0. The molecule has 0 aliphatic carbocycles. The lowest BCUT2D eigenvalue weighted by Crippen LogP contribution is -2.36. The molecule has 2 amide bonds. The first-order valence-corrected chi connectivity index (χ1v) is 8.15. The first-order valence-electron chi connectivity index (χ1n) is 8.15. The van der Waals surface area contributed by atoms with E-state index >= 15 is 0 Å². The molecule has 0 aromatic heterocycles. The highest BCUT2D eigenvalue weighted by Crippen LogP contribution is 2.23. The molecule has 0 saturated heterocycles. The van der Waals surface area contributed by atoms with Gasteiger partial charge in [-0.05, 0) is 31.0 Å². The zero-order chi connectivity index (χ0) is 18.1. The molecule has 2 rings (SSSR count). The van der Waals surface area contributed by atoms with Crippen LogP contribution in [0.25, 0.3) is 0 Å². The fraction of sp³-hybridized carbons (Fsp3) is 0.263. The van der Waals surface area contributed by atoms with Crippen LogP contribution in [0.1, 0.15) is 25.0 Å². The van der Waals surface area contributed by atoms with Gasteiger partial charge in [-0.1, -0.05) is 42.5 Å². The molecule has 0 spiro atoms.